The molecule has 4 rings (SSSR count). The lowest BCUT2D eigenvalue weighted by atomic mass is 10.0. The van der Waals surface area contributed by atoms with Crippen LogP contribution in [0.25, 0.3) is 22.5 Å². The predicted molar refractivity (Wildman–Crippen MR) is 121 cm³/mol. The van der Waals surface area contributed by atoms with Gasteiger partial charge in [-0.15, -0.1) is 0 Å². The van der Waals surface area contributed by atoms with Crippen molar-refractivity contribution in [2.24, 2.45) is 0 Å². The summed E-state index contributed by atoms with van der Waals surface area (Å²) in [5.74, 6) is -0.0304. The molecular formula is C25H27N3O3. The van der Waals surface area contributed by atoms with Crippen molar-refractivity contribution in [3.05, 3.63) is 66.9 Å². The third-order valence-electron chi connectivity index (χ3n) is 5.58. The number of rotatable bonds is 9. The lowest BCUT2D eigenvalue weighted by Crippen LogP contribution is -2.30. The third-order valence-corrected chi connectivity index (χ3v) is 5.58. The van der Waals surface area contributed by atoms with Crippen LogP contribution in [0.3, 0.4) is 0 Å². The molecule has 1 N–H and O–H groups in total. The van der Waals surface area contributed by atoms with Crippen LogP contribution in [0.5, 0.6) is 0 Å². The van der Waals surface area contributed by atoms with Gasteiger partial charge < -0.3 is 14.7 Å². The van der Waals surface area contributed by atoms with Gasteiger partial charge in [-0.25, -0.2) is 9.78 Å². The molecule has 1 fully saturated rings. The van der Waals surface area contributed by atoms with Crippen molar-refractivity contribution in [3.8, 4) is 22.5 Å². The van der Waals surface area contributed by atoms with E-state index in [1.54, 1.807) is 0 Å². The summed E-state index contributed by atoms with van der Waals surface area (Å²) in [4.78, 5) is 22.8. The van der Waals surface area contributed by atoms with E-state index < -0.39 is 5.97 Å². The molecule has 1 saturated heterocycles. The number of hydrogen-bond acceptors (Lipinski definition) is 5. The molecule has 0 radical (unpaired) electrons. The van der Waals surface area contributed by atoms with Gasteiger partial charge in [0, 0.05) is 30.3 Å². The highest BCUT2D eigenvalue weighted by Gasteiger charge is 2.26. The molecule has 6 nitrogen and oxygen atoms in total. The highest BCUT2D eigenvalue weighted by molar-refractivity contribution is 5.78. The first kappa shape index (κ1) is 21.0. The van der Waals surface area contributed by atoms with E-state index in [1.807, 2.05) is 42.6 Å². The number of carboxylic acids is 1. The van der Waals surface area contributed by atoms with Gasteiger partial charge in [-0.05, 0) is 25.7 Å². The Bertz CT molecular complexity index is 995. The number of nitrogens with zero attached hydrogens (tertiary/aromatic N) is 3. The number of benzene rings is 2. The first-order valence-corrected chi connectivity index (χ1v) is 10.8. The Morgan fingerprint density at radius 1 is 1.03 bits per heavy atom. The summed E-state index contributed by atoms with van der Waals surface area (Å²) in [6, 6.07) is 20.7. The van der Waals surface area contributed by atoms with Gasteiger partial charge >= 0.3 is 5.97 Å². The Balaban J connectivity index is 1.56. The quantitative estimate of drug-likeness (QED) is 0.510. The van der Waals surface area contributed by atoms with Crippen LogP contribution in [0.2, 0.25) is 0 Å². The maximum absolute atomic E-state index is 10.6. The van der Waals surface area contributed by atoms with Crippen LogP contribution in [0.15, 0.2) is 66.9 Å². The lowest BCUT2D eigenvalue weighted by Gasteiger charge is -2.26. The van der Waals surface area contributed by atoms with E-state index in [2.05, 4.69) is 29.2 Å². The monoisotopic (exact) mass is 417 g/mol. The van der Waals surface area contributed by atoms with Gasteiger partial charge in [0.25, 0.3) is 0 Å². The summed E-state index contributed by atoms with van der Waals surface area (Å²) in [6.45, 7) is 1.18. The number of carbonyl (C=O) groups is 1. The van der Waals surface area contributed by atoms with Crippen LogP contribution in [-0.2, 0) is 9.53 Å². The Labute approximate surface area is 182 Å². The summed E-state index contributed by atoms with van der Waals surface area (Å²) in [5, 5.41) is 8.69. The van der Waals surface area contributed by atoms with Crippen LogP contribution >= 0.6 is 0 Å². The minimum absolute atomic E-state index is 0.235. The number of aromatic nitrogens is 2. The fraction of sp³-hybridized carbons (Fsp3) is 0.320. The topological polar surface area (TPSA) is 75.6 Å². The lowest BCUT2D eigenvalue weighted by molar-refractivity contribution is -0.142. The maximum Gasteiger partial charge on any atom is 0.329 e. The van der Waals surface area contributed by atoms with E-state index in [9.17, 15) is 4.79 Å². The zero-order valence-electron chi connectivity index (χ0n) is 17.5. The molecule has 31 heavy (non-hydrogen) atoms. The second-order valence-electron chi connectivity index (χ2n) is 7.74. The van der Waals surface area contributed by atoms with E-state index in [-0.39, 0.29) is 6.61 Å². The van der Waals surface area contributed by atoms with Crippen molar-refractivity contribution in [3.63, 3.8) is 0 Å². The summed E-state index contributed by atoms with van der Waals surface area (Å²) in [7, 11) is 0. The summed E-state index contributed by atoms with van der Waals surface area (Å²) in [5.41, 5.74) is 3.87. The maximum atomic E-state index is 10.6. The molecule has 1 unspecified atom stereocenters. The van der Waals surface area contributed by atoms with Crippen LogP contribution in [-0.4, -0.2) is 46.8 Å². The molecule has 0 spiro atoms. The van der Waals surface area contributed by atoms with Crippen LogP contribution in [0.1, 0.15) is 25.7 Å². The molecule has 1 atom stereocenters. The highest BCUT2D eigenvalue weighted by atomic mass is 16.5. The summed E-state index contributed by atoms with van der Waals surface area (Å²) >= 11 is 0. The zero-order chi connectivity index (χ0) is 21.5. The Morgan fingerprint density at radius 3 is 2.39 bits per heavy atom. The SMILES string of the molecule is O=C(O)COCCCC1CCCN1c1cnc(-c2ccccc2)c(-c2ccccc2)n1. The zero-order valence-corrected chi connectivity index (χ0v) is 17.5. The Morgan fingerprint density at radius 2 is 1.71 bits per heavy atom. The van der Waals surface area contributed by atoms with Crippen LogP contribution in [0.4, 0.5) is 5.82 Å². The van der Waals surface area contributed by atoms with E-state index in [4.69, 9.17) is 19.8 Å². The first-order chi connectivity index (χ1) is 15.2. The van der Waals surface area contributed by atoms with E-state index in [1.165, 1.54) is 0 Å². The fourth-order valence-electron chi connectivity index (χ4n) is 4.14. The Kier molecular flexibility index (Phi) is 6.89. The van der Waals surface area contributed by atoms with Crippen molar-refractivity contribution in [1.29, 1.82) is 0 Å². The number of carboxylic acid groups (broad SMARTS) is 1. The molecule has 1 aliphatic heterocycles. The second kappa shape index (κ2) is 10.2. The van der Waals surface area contributed by atoms with Crippen molar-refractivity contribution in [1.82, 2.24) is 9.97 Å². The number of aliphatic carboxylic acids is 1. The van der Waals surface area contributed by atoms with Crippen molar-refractivity contribution >= 4 is 11.8 Å². The van der Waals surface area contributed by atoms with Gasteiger partial charge in [-0.1, -0.05) is 60.7 Å². The largest absolute Gasteiger partial charge is 0.480 e. The van der Waals surface area contributed by atoms with E-state index in [0.717, 1.165) is 60.6 Å². The van der Waals surface area contributed by atoms with Crippen LogP contribution < -0.4 is 4.90 Å². The van der Waals surface area contributed by atoms with Gasteiger partial charge in [0.15, 0.2) is 0 Å². The molecule has 1 aromatic heterocycles. The molecule has 0 bridgehead atoms. The molecule has 0 saturated carbocycles. The van der Waals surface area contributed by atoms with Gasteiger partial charge in [0.1, 0.15) is 12.4 Å². The molecule has 0 aliphatic carbocycles. The number of ether oxygens (including phenoxy) is 1. The third kappa shape index (κ3) is 5.27. The minimum Gasteiger partial charge on any atom is -0.480 e. The Hall–Kier alpha value is -3.25. The minimum atomic E-state index is -0.926. The van der Waals surface area contributed by atoms with Gasteiger partial charge in [-0.3, -0.25) is 4.98 Å². The molecule has 1 aliphatic rings. The second-order valence-corrected chi connectivity index (χ2v) is 7.74. The molecule has 3 aromatic rings. The molecule has 6 heteroatoms. The first-order valence-electron chi connectivity index (χ1n) is 10.8. The van der Waals surface area contributed by atoms with Crippen molar-refractivity contribution < 1.29 is 14.6 Å². The molecule has 160 valence electrons. The summed E-state index contributed by atoms with van der Waals surface area (Å²) in [6.07, 6.45) is 5.87. The molecule has 2 heterocycles. The molecular weight excluding hydrogens is 390 g/mol. The van der Waals surface area contributed by atoms with Gasteiger partial charge in [0.2, 0.25) is 0 Å². The molecule has 0 amide bonds. The highest BCUT2D eigenvalue weighted by Crippen LogP contribution is 2.33. The predicted octanol–water partition coefficient (Wildman–Crippen LogP) is 4.66. The number of anilines is 1. The normalized spacial score (nSPS) is 15.9. The standard InChI is InChI=1S/C25H27N3O3/c29-23(30)18-31-16-8-14-21-13-7-15-28(21)22-17-26-24(19-9-3-1-4-10-19)25(27-22)20-11-5-2-6-12-20/h1-6,9-12,17,21H,7-8,13-16,18H2,(H,29,30). The summed E-state index contributed by atoms with van der Waals surface area (Å²) < 4.78 is 5.19. The average Bonchev–Trinajstić information content (AvgIpc) is 3.28. The van der Waals surface area contributed by atoms with E-state index in [0.29, 0.717) is 12.6 Å². The fourth-order valence-corrected chi connectivity index (χ4v) is 4.14. The van der Waals surface area contributed by atoms with E-state index >= 15 is 0 Å². The number of hydrogen-bond donors (Lipinski definition) is 1. The molecule has 2 aromatic carbocycles. The van der Waals surface area contributed by atoms with Crippen molar-refractivity contribution in [2.45, 2.75) is 31.7 Å². The van der Waals surface area contributed by atoms with Crippen molar-refractivity contribution in [2.75, 3.05) is 24.7 Å². The van der Waals surface area contributed by atoms with Gasteiger partial charge in [-0.2, -0.15) is 0 Å². The average molecular weight is 418 g/mol. The smallest absolute Gasteiger partial charge is 0.329 e. The van der Waals surface area contributed by atoms with Crippen LogP contribution in [0, 0.1) is 0 Å². The van der Waals surface area contributed by atoms with Gasteiger partial charge in [0.05, 0.1) is 17.6 Å².